The van der Waals surface area contributed by atoms with E-state index in [2.05, 4.69) is 17.2 Å². The van der Waals surface area contributed by atoms with Crippen molar-refractivity contribution in [1.29, 1.82) is 0 Å². The smallest absolute Gasteiger partial charge is 0.0948 e. The molecule has 0 bridgehead atoms. The van der Waals surface area contributed by atoms with Crippen LogP contribution in [0.5, 0.6) is 0 Å². The number of nitrogens with one attached hydrogen (secondary N) is 1. The molecule has 1 aromatic carbocycles. The number of imidazole rings is 1. The van der Waals surface area contributed by atoms with Gasteiger partial charge in [0.05, 0.1) is 34.3 Å². The highest BCUT2D eigenvalue weighted by molar-refractivity contribution is 6.41. The Morgan fingerprint density at radius 3 is 2.50 bits per heavy atom. The summed E-state index contributed by atoms with van der Waals surface area (Å²) in [6, 6.07) is 3.32. The minimum atomic E-state index is 0.509. The van der Waals surface area contributed by atoms with Crippen molar-refractivity contribution < 1.29 is 0 Å². The lowest BCUT2D eigenvalue weighted by atomic mass is 10.3. The molecule has 0 saturated carbocycles. The molecule has 0 saturated heterocycles. The molecule has 0 fully saturated rings. The monoisotopic (exact) mass is 303 g/mol. The molecule has 1 heterocycles. The van der Waals surface area contributed by atoms with Gasteiger partial charge in [-0.15, -0.1) is 0 Å². The van der Waals surface area contributed by atoms with Crippen LogP contribution in [0.3, 0.4) is 0 Å². The van der Waals surface area contributed by atoms with Gasteiger partial charge < -0.3 is 9.88 Å². The summed E-state index contributed by atoms with van der Waals surface area (Å²) in [5, 5.41) is 4.74. The van der Waals surface area contributed by atoms with E-state index in [1.165, 1.54) is 0 Å². The highest BCUT2D eigenvalue weighted by Crippen LogP contribution is 2.33. The van der Waals surface area contributed by atoms with E-state index < -0.39 is 0 Å². The number of nitrogens with zero attached hydrogens (tertiary/aromatic N) is 2. The van der Waals surface area contributed by atoms with Gasteiger partial charge in [0, 0.05) is 17.8 Å². The molecule has 0 radical (unpaired) electrons. The van der Waals surface area contributed by atoms with Crippen molar-refractivity contribution in [1.82, 2.24) is 9.55 Å². The van der Waals surface area contributed by atoms with Gasteiger partial charge in [0.15, 0.2) is 0 Å². The number of aromatic nitrogens is 2. The first-order valence-electron chi connectivity index (χ1n) is 5.49. The van der Waals surface area contributed by atoms with E-state index >= 15 is 0 Å². The van der Waals surface area contributed by atoms with Crippen LogP contribution in [-0.4, -0.2) is 9.55 Å². The van der Waals surface area contributed by atoms with Crippen LogP contribution >= 0.6 is 34.8 Å². The predicted molar refractivity (Wildman–Crippen MR) is 76.7 cm³/mol. The standard InChI is InChI=1S/C12H12Cl3N3/c1-2-18-7-16-5-9(18)6-17-12-10(14)3-8(13)4-11(12)15/h3-5,7,17H,2,6H2,1H3. The largest absolute Gasteiger partial charge is 0.377 e. The van der Waals surface area contributed by atoms with E-state index in [4.69, 9.17) is 34.8 Å². The number of anilines is 1. The number of halogens is 3. The number of benzene rings is 1. The molecular formula is C12H12Cl3N3. The fraction of sp³-hybridized carbons (Fsp3) is 0.250. The van der Waals surface area contributed by atoms with Gasteiger partial charge in [-0.25, -0.2) is 4.98 Å². The van der Waals surface area contributed by atoms with E-state index in [1.807, 2.05) is 10.8 Å². The van der Waals surface area contributed by atoms with Crippen LogP contribution < -0.4 is 5.32 Å². The molecule has 18 heavy (non-hydrogen) atoms. The molecule has 0 unspecified atom stereocenters. The molecule has 0 aliphatic carbocycles. The molecule has 0 atom stereocenters. The van der Waals surface area contributed by atoms with Crippen molar-refractivity contribution in [2.24, 2.45) is 0 Å². The maximum atomic E-state index is 6.09. The van der Waals surface area contributed by atoms with Crippen molar-refractivity contribution in [3.05, 3.63) is 45.4 Å². The first-order valence-corrected chi connectivity index (χ1v) is 6.62. The number of aryl methyl sites for hydroxylation is 1. The molecular weight excluding hydrogens is 293 g/mol. The topological polar surface area (TPSA) is 29.9 Å². The minimum absolute atomic E-state index is 0.509. The molecule has 6 heteroatoms. The van der Waals surface area contributed by atoms with Gasteiger partial charge >= 0.3 is 0 Å². The fourth-order valence-electron chi connectivity index (χ4n) is 1.67. The van der Waals surface area contributed by atoms with E-state index in [0.29, 0.717) is 27.3 Å². The van der Waals surface area contributed by atoms with Crippen LogP contribution in [0.1, 0.15) is 12.6 Å². The van der Waals surface area contributed by atoms with Gasteiger partial charge in [0.2, 0.25) is 0 Å². The van der Waals surface area contributed by atoms with Crippen LogP contribution in [0, 0.1) is 0 Å². The summed E-state index contributed by atoms with van der Waals surface area (Å²) in [6.45, 7) is 3.54. The minimum Gasteiger partial charge on any atom is -0.377 e. The average molecular weight is 305 g/mol. The molecule has 1 aromatic heterocycles. The second-order valence-electron chi connectivity index (χ2n) is 3.77. The number of rotatable bonds is 4. The van der Waals surface area contributed by atoms with Crippen LogP contribution in [0.15, 0.2) is 24.7 Å². The third kappa shape index (κ3) is 2.91. The molecule has 96 valence electrons. The quantitative estimate of drug-likeness (QED) is 0.903. The Bertz CT molecular complexity index is 528. The number of hydrogen-bond donors (Lipinski definition) is 1. The van der Waals surface area contributed by atoms with E-state index in [0.717, 1.165) is 12.2 Å². The molecule has 0 aliphatic heterocycles. The molecule has 0 spiro atoms. The van der Waals surface area contributed by atoms with E-state index in [-0.39, 0.29) is 0 Å². The molecule has 0 amide bonds. The first-order chi connectivity index (χ1) is 8.61. The van der Waals surface area contributed by atoms with Gasteiger partial charge in [0.1, 0.15) is 0 Å². The van der Waals surface area contributed by atoms with Crippen molar-refractivity contribution in [3.8, 4) is 0 Å². The Hall–Kier alpha value is -0.900. The predicted octanol–water partition coefficient (Wildman–Crippen LogP) is 4.48. The maximum absolute atomic E-state index is 6.09. The van der Waals surface area contributed by atoms with Crippen LogP contribution in [0.4, 0.5) is 5.69 Å². The van der Waals surface area contributed by atoms with E-state index in [1.54, 1.807) is 18.5 Å². The fourth-order valence-corrected chi connectivity index (χ4v) is 2.62. The molecule has 2 aromatic rings. The van der Waals surface area contributed by atoms with Gasteiger partial charge in [-0.3, -0.25) is 0 Å². The Morgan fingerprint density at radius 2 is 1.89 bits per heavy atom. The molecule has 3 nitrogen and oxygen atoms in total. The Labute approximate surface area is 121 Å². The van der Waals surface area contributed by atoms with Gasteiger partial charge in [-0.1, -0.05) is 34.8 Å². The van der Waals surface area contributed by atoms with Crippen molar-refractivity contribution >= 4 is 40.5 Å². The van der Waals surface area contributed by atoms with Gasteiger partial charge in [-0.2, -0.15) is 0 Å². The second-order valence-corrected chi connectivity index (χ2v) is 5.02. The van der Waals surface area contributed by atoms with Gasteiger partial charge in [-0.05, 0) is 19.1 Å². The summed E-state index contributed by atoms with van der Waals surface area (Å²) < 4.78 is 2.05. The lowest BCUT2D eigenvalue weighted by Gasteiger charge is -2.11. The normalized spacial score (nSPS) is 10.7. The van der Waals surface area contributed by atoms with Gasteiger partial charge in [0.25, 0.3) is 0 Å². The summed E-state index contributed by atoms with van der Waals surface area (Å²) >= 11 is 18.0. The average Bonchev–Trinajstić information content (AvgIpc) is 2.75. The van der Waals surface area contributed by atoms with Crippen molar-refractivity contribution in [2.75, 3.05) is 5.32 Å². The van der Waals surface area contributed by atoms with E-state index in [9.17, 15) is 0 Å². The highest BCUT2D eigenvalue weighted by atomic mass is 35.5. The number of hydrogen-bond acceptors (Lipinski definition) is 2. The second kappa shape index (κ2) is 5.83. The first kappa shape index (κ1) is 13.5. The third-order valence-electron chi connectivity index (χ3n) is 2.59. The Morgan fingerprint density at radius 1 is 1.22 bits per heavy atom. The Balaban J connectivity index is 2.16. The summed E-state index contributed by atoms with van der Waals surface area (Å²) in [4.78, 5) is 4.10. The summed E-state index contributed by atoms with van der Waals surface area (Å²) in [5.41, 5.74) is 1.76. The molecule has 0 aliphatic rings. The lowest BCUT2D eigenvalue weighted by molar-refractivity contribution is 0.719. The molecule has 1 N–H and O–H groups in total. The van der Waals surface area contributed by atoms with Crippen molar-refractivity contribution in [2.45, 2.75) is 20.0 Å². The lowest BCUT2D eigenvalue weighted by Crippen LogP contribution is -2.06. The highest BCUT2D eigenvalue weighted by Gasteiger charge is 2.08. The maximum Gasteiger partial charge on any atom is 0.0948 e. The van der Waals surface area contributed by atoms with Crippen LogP contribution in [0.25, 0.3) is 0 Å². The summed E-state index contributed by atoms with van der Waals surface area (Å²) in [6.07, 6.45) is 3.61. The zero-order valence-corrected chi connectivity index (χ0v) is 12.0. The summed E-state index contributed by atoms with van der Waals surface area (Å²) in [7, 11) is 0. The zero-order valence-electron chi connectivity index (χ0n) is 9.75. The SMILES string of the molecule is CCn1cncc1CNc1c(Cl)cc(Cl)cc1Cl. The Kier molecular flexibility index (Phi) is 4.38. The van der Waals surface area contributed by atoms with Crippen molar-refractivity contribution in [3.63, 3.8) is 0 Å². The summed E-state index contributed by atoms with van der Waals surface area (Å²) in [5.74, 6) is 0. The zero-order chi connectivity index (χ0) is 13.1. The van der Waals surface area contributed by atoms with Crippen LogP contribution in [0.2, 0.25) is 15.1 Å². The third-order valence-corrected chi connectivity index (χ3v) is 3.41. The molecule has 2 rings (SSSR count). The van der Waals surface area contributed by atoms with Crippen LogP contribution in [-0.2, 0) is 13.1 Å².